The van der Waals surface area contributed by atoms with Crippen molar-refractivity contribution in [3.8, 4) is 5.69 Å². The number of carbonyl (C=O) groups excluding carboxylic acids is 1. The molecule has 2 fully saturated rings. The third-order valence-corrected chi connectivity index (χ3v) is 5.35. The largest absolute Gasteiger partial charge is 0.481 e. The first-order chi connectivity index (χ1) is 12.0. The summed E-state index contributed by atoms with van der Waals surface area (Å²) in [5.41, 5.74) is -0.117. The number of carboxylic acid groups (broad SMARTS) is 1. The van der Waals surface area contributed by atoms with Gasteiger partial charge in [-0.2, -0.15) is 9.90 Å². The number of fused-ring (bicyclic) bond motifs is 1. The van der Waals surface area contributed by atoms with Crippen LogP contribution in [-0.4, -0.2) is 50.0 Å². The molecular weight excluding hydrogens is 327 g/mol. The zero-order valence-corrected chi connectivity index (χ0v) is 13.4. The standard InChI is InChI=1S/C17H17FN4O3/c18-12-3-5-13(6-4-12)22-19-8-14(20-22)15(23)21-9-11-2-1-7-17(11,10-21)16(24)25/h3-6,8,11H,1-2,7,9-10H2,(H,24,25)/t11-,17+/m0/s1. The van der Waals surface area contributed by atoms with Crippen LogP contribution in [0.2, 0.25) is 0 Å². The summed E-state index contributed by atoms with van der Waals surface area (Å²) >= 11 is 0. The quantitative estimate of drug-likeness (QED) is 0.916. The number of nitrogens with zero attached hydrogens (tertiary/aromatic N) is 4. The third-order valence-electron chi connectivity index (χ3n) is 5.35. The number of halogens is 1. The minimum atomic E-state index is -0.819. The highest BCUT2D eigenvalue weighted by atomic mass is 19.1. The molecule has 0 bridgehead atoms. The molecular formula is C17H17FN4O3. The van der Waals surface area contributed by atoms with Crippen LogP contribution in [0.4, 0.5) is 4.39 Å². The third kappa shape index (κ3) is 2.48. The Balaban J connectivity index is 1.55. The van der Waals surface area contributed by atoms with Crippen LogP contribution in [0.1, 0.15) is 29.8 Å². The van der Waals surface area contributed by atoms with E-state index in [2.05, 4.69) is 10.2 Å². The molecule has 2 aliphatic rings. The summed E-state index contributed by atoms with van der Waals surface area (Å²) in [5.74, 6) is -1.50. The number of likely N-dealkylation sites (tertiary alicyclic amines) is 1. The maximum absolute atomic E-state index is 13.0. The second-order valence-electron chi connectivity index (χ2n) is 6.73. The highest BCUT2D eigenvalue weighted by Gasteiger charge is 2.56. The number of benzene rings is 1. The zero-order chi connectivity index (χ0) is 17.6. The van der Waals surface area contributed by atoms with E-state index in [0.717, 1.165) is 12.8 Å². The number of carbonyl (C=O) groups is 2. The second-order valence-corrected chi connectivity index (χ2v) is 6.73. The van der Waals surface area contributed by atoms with Gasteiger partial charge in [-0.1, -0.05) is 6.42 Å². The molecule has 1 N–H and O–H groups in total. The van der Waals surface area contributed by atoms with Gasteiger partial charge in [-0.3, -0.25) is 9.59 Å². The molecule has 1 saturated heterocycles. The number of aromatic nitrogens is 3. The van der Waals surface area contributed by atoms with Gasteiger partial charge in [0.2, 0.25) is 0 Å². The van der Waals surface area contributed by atoms with Crippen LogP contribution in [0.5, 0.6) is 0 Å². The van der Waals surface area contributed by atoms with E-state index in [-0.39, 0.29) is 29.9 Å². The summed E-state index contributed by atoms with van der Waals surface area (Å²) in [7, 11) is 0. The van der Waals surface area contributed by atoms with E-state index in [4.69, 9.17) is 0 Å². The van der Waals surface area contributed by atoms with Gasteiger partial charge in [0, 0.05) is 13.1 Å². The van der Waals surface area contributed by atoms with E-state index < -0.39 is 11.4 Å². The van der Waals surface area contributed by atoms with Crippen LogP contribution in [0, 0.1) is 17.2 Å². The molecule has 1 aliphatic carbocycles. The molecule has 1 saturated carbocycles. The average Bonchev–Trinajstić information content (AvgIpc) is 3.29. The highest BCUT2D eigenvalue weighted by Crippen LogP contribution is 2.49. The lowest BCUT2D eigenvalue weighted by Crippen LogP contribution is -2.37. The van der Waals surface area contributed by atoms with Gasteiger partial charge in [0.15, 0.2) is 5.69 Å². The molecule has 1 aromatic heterocycles. The van der Waals surface area contributed by atoms with Gasteiger partial charge in [0.25, 0.3) is 5.91 Å². The van der Waals surface area contributed by atoms with Crippen molar-refractivity contribution in [1.82, 2.24) is 19.9 Å². The molecule has 130 valence electrons. The molecule has 2 aromatic rings. The van der Waals surface area contributed by atoms with Crippen LogP contribution >= 0.6 is 0 Å². The first kappa shape index (κ1) is 15.7. The van der Waals surface area contributed by atoms with Gasteiger partial charge in [-0.15, -0.1) is 5.10 Å². The van der Waals surface area contributed by atoms with Gasteiger partial charge >= 0.3 is 5.97 Å². The van der Waals surface area contributed by atoms with E-state index in [9.17, 15) is 19.1 Å². The summed E-state index contributed by atoms with van der Waals surface area (Å²) in [6.45, 7) is 0.657. The molecule has 1 aliphatic heterocycles. The smallest absolute Gasteiger partial charge is 0.311 e. The fourth-order valence-corrected chi connectivity index (χ4v) is 4.02. The zero-order valence-electron chi connectivity index (χ0n) is 13.4. The Bertz CT molecular complexity index is 835. The van der Waals surface area contributed by atoms with Gasteiger partial charge in [-0.25, -0.2) is 4.39 Å². The molecule has 4 rings (SSSR count). The Kier molecular flexibility index (Phi) is 3.55. The Hall–Kier alpha value is -2.77. The van der Waals surface area contributed by atoms with Crippen LogP contribution in [-0.2, 0) is 4.79 Å². The SMILES string of the molecule is O=C(c1cnn(-c2ccc(F)cc2)n1)N1C[C@@H]2CCC[C@@]2(C(=O)O)C1. The lowest BCUT2D eigenvalue weighted by Gasteiger charge is -2.22. The van der Waals surface area contributed by atoms with Crippen molar-refractivity contribution in [3.63, 3.8) is 0 Å². The minimum absolute atomic E-state index is 0.00101. The first-order valence-electron chi connectivity index (χ1n) is 8.20. The second kappa shape index (κ2) is 5.65. The Morgan fingerprint density at radius 2 is 2.04 bits per heavy atom. The highest BCUT2D eigenvalue weighted by molar-refractivity contribution is 5.93. The van der Waals surface area contributed by atoms with E-state index in [0.29, 0.717) is 18.7 Å². The fraction of sp³-hybridized carbons (Fsp3) is 0.412. The maximum Gasteiger partial charge on any atom is 0.311 e. The molecule has 8 heteroatoms. The van der Waals surface area contributed by atoms with Crippen molar-refractivity contribution in [1.29, 1.82) is 0 Å². The molecule has 0 unspecified atom stereocenters. The molecule has 1 aromatic carbocycles. The Morgan fingerprint density at radius 3 is 2.72 bits per heavy atom. The molecule has 25 heavy (non-hydrogen) atoms. The topological polar surface area (TPSA) is 88.3 Å². The number of hydrogen-bond donors (Lipinski definition) is 1. The van der Waals surface area contributed by atoms with Crippen LogP contribution in [0.25, 0.3) is 5.69 Å². The number of hydrogen-bond acceptors (Lipinski definition) is 4. The van der Waals surface area contributed by atoms with Crippen LogP contribution in [0.15, 0.2) is 30.5 Å². The van der Waals surface area contributed by atoms with E-state index in [1.54, 1.807) is 4.90 Å². The number of aliphatic carboxylic acids is 1. The summed E-state index contributed by atoms with van der Waals surface area (Å²) in [6.07, 6.45) is 3.68. The van der Waals surface area contributed by atoms with Crippen molar-refractivity contribution in [3.05, 3.63) is 42.0 Å². The summed E-state index contributed by atoms with van der Waals surface area (Å²) in [4.78, 5) is 27.3. The van der Waals surface area contributed by atoms with Crippen molar-refractivity contribution in [2.24, 2.45) is 11.3 Å². The average molecular weight is 344 g/mol. The van der Waals surface area contributed by atoms with E-state index >= 15 is 0 Å². The Labute approximate surface area is 143 Å². The summed E-state index contributed by atoms with van der Waals surface area (Å²) in [6, 6.07) is 5.61. The predicted molar refractivity (Wildman–Crippen MR) is 84.6 cm³/mol. The normalized spacial score (nSPS) is 25.2. The summed E-state index contributed by atoms with van der Waals surface area (Å²) < 4.78 is 13.0. The minimum Gasteiger partial charge on any atom is -0.481 e. The Morgan fingerprint density at radius 1 is 1.28 bits per heavy atom. The van der Waals surface area contributed by atoms with Crippen molar-refractivity contribution in [2.75, 3.05) is 13.1 Å². The van der Waals surface area contributed by atoms with Gasteiger partial charge < -0.3 is 10.0 Å². The van der Waals surface area contributed by atoms with Crippen LogP contribution < -0.4 is 0 Å². The first-order valence-corrected chi connectivity index (χ1v) is 8.20. The molecule has 0 radical (unpaired) electrons. The van der Waals surface area contributed by atoms with Crippen molar-refractivity contribution in [2.45, 2.75) is 19.3 Å². The van der Waals surface area contributed by atoms with Crippen molar-refractivity contribution < 1.29 is 19.1 Å². The van der Waals surface area contributed by atoms with Gasteiger partial charge in [0.05, 0.1) is 17.3 Å². The van der Waals surface area contributed by atoms with E-state index in [1.807, 2.05) is 0 Å². The van der Waals surface area contributed by atoms with Gasteiger partial charge in [-0.05, 0) is 43.0 Å². The molecule has 7 nitrogen and oxygen atoms in total. The molecule has 2 atom stereocenters. The number of rotatable bonds is 3. The molecule has 1 amide bonds. The van der Waals surface area contributed by atoms with Crippen molar-refractivity contribution >= 4 is 11.9 Å². The van der Waals surface area contributed by atoms with E-state index in [1.165, 1.54) is 35.3 Å². The maximum atomic E-state index is 13.0. The lowest BCUT2D eigenvalue weighted by atomic mass is 9.81. The molecule has 0 spiro atoms. The molecule has 2 heterocycles. The monoisotopic (exact) mass is 344 g/mol. The predicted octanol–water partition coefficient (Wildman–Crippen LogP) is 1.73. The number of amides is 1. The fourth-order valence-electron chi connectivity index (χ4n) is 4.02. The number of carboxylic acids is 1. The summed E-state index contributed by atoms with van der Waals surface area (Å²) in [5, 5.41) is 17.8. The van der Waals surface area contributed by atoms with Crippen LogP contribution in [0.3, 0.4) is 0 Å². The van der Waals surface area contributed by atoms with Gasteiger partial charge in [0.1, 0.15) is 5.82 Å². The lowest BCUT2D eigenvalue weighted by molar-refractivity contribution is -0.149.